The molecule has 8 nitrogen and oxygen atoms in total. The number of anilines is 1. The lowest BCUT2D eigenvalue weighted by Gasteiger charge is -2.08. The summed E-state index contributed by atoms with van der Waals surface area (Å²) < 4.78 is 28.4. The maximum atomic E-state index is 13.4. The van der Waals surface area contributed by atoms with Gasteiger partial charge in [-0.2, -0.15) is 0 Å². The normalized spacial score (nSPS) is 13.4. The molecule has 4 rings (SSSR count). The van der Waals surface area contributed by atoms with Gasteiger partial charge in [0.2, 0.25) is 11.8 Å². The number of aromatic nitrogens is 4. The molecule has 0 saturated heterocycles. The predicted octanol–water partition coefficient (Wildman–Crippen LogP) is 3.16. The van der Waals surface area contributed by atoms with Crippen LogP contribution >= 0.6 is 23.1 Å². The zero-order valence-electron chi connectivity index (χ0n) is 16.2. The molecule has 1 aromatic carbocycles. The van der Waals surface area contributed by atoms with E-state index >= 15 is 0 Å². The van der Waals surface area contributed by atoms with E-state index in [0.29, 0.717) is 34.0 Å². The number of benzene rings is 1. The molecule has 0 radical (unpaired) electrons. The molecule has 1 saturated carbocycles. The Kier molecular flexibility index (Phi) is 6.28. The van der Waals surface area contributed by atoms with Crippen LogP contribution in [0.5, 0.6) is 0 Å². The van der Waals surface area contributed by atoms with Crippen LogP contribution in [0.25, 0.3) is 11.3 Å². The third kappa shape index (κ3) is 5.25. The van der Waals surface area contributed by atoms with Gasteiger partial charge in [-0.05, 0) is 31.0 Å². The van der Waals surface area contributed by atoms with Gasteiger partial charge in [0.25, 0.3) is 0 Å². The summed E-state index contributed by atoms with van der Waals surface area (Å²) in [6.07, 6.45) is 2.23. The molecule has 31 heavy (non-hydrogen) atoms. The summed E-state index contributed by atoms with van der Waals surface area (Å²) >= 11 is 2.39. The van der Waals surface area contributed by atoms with E-state index in [1.165, 1.54) is 29.2 Å². The summed E-state index contributed by atoms with van der Waals surface area (Å²) in [5.41, 5.74) is 6.11. The van der Waals surface area contributed by atoms with Gasteiger partial charge in [-0.3, -0.25) is 9.59 Å². The van der Waals surface area contributed by atoms with Gasteiger partial charge in [0.15, 0.2) is 21.9 Å². The fourth-order valence-electron chi connectivity index (χ4n) is 2.89. The number of nitrogens with zero attached hydrogens (tertiary/aromatic N) is 4. The van der Waals surface area contributed by atoms with E-state index in [1.807, 2.05) is 4.57 Å². The minimum atomic E-state index is -0.960. The van der Waals surface area contributed by atoms with Crippen LogP contribution in [0.2, 0.25) is 0 Å². The molecule has 1 fully saturated rings. The number of primary amides is 1. The van der Waals surface area contributed by atoms with Crippen molar-refractivity contribution >= 4 is 40.0 Å². The number of halogens is 2. The quantitative estimate of drug-likeness (QED) is 0.470. The average Bonchev–Trinajstić information content (AvgIpc) is 3.33. The minimum absolute atomic E-state index is 0.0689. The van der Waals surface area contributed by atoms with Crippen molar-refractivity contribution in [2.45, 2.75) is 36.9 Å². The molecule has 0 bridgehead atoms. The summed E-state index contributed by atoms with van der Waals surface area (Å²) in [6.45, 7) is 0.377. The van der Waals surface area contributed by atoms with Gasteiger partial charge < -0.3 is 15.6 Å². The van der Waals surface area contributed by atoms with Crippen molar-refractivity contribution in [3.8, 4) is 11.3 Å². The first-order valence-electron chi connectivity index (χ1n) is 9.45. The first-order chi connectivity index (χ1) is 14.9. The second kappa shape index (κ2) is 9.10. The molecular weight excluding hydrogens is 446 g/mol. The highest BCUT2D eigenvalue weighted by Gasteiger charge is 2.30. The zero-order valence-corrected chi connectivity index (χ0v) is 17.8. The smallest absolute Gasteiger partial charge is 0.236 e. The molecule has 1 aliphatic carbocycles. The van der Waals surface area contributed by atoms with Crippen LogP contribution in [0.15, 0.2) is 28.7 Å². The molecule has 1 aliphatic rings. The lowest BCUT2D eigenvalue weighted by Crippen LogP contribution is -2.17. The van der Waals surface area contributed by atoms with Crippen molar-refractivity contribution in [3.63, 3.8) is 0 Å². The van der Waals surface area contributed by atoms with E-state index in [2.05, 4.69) is 20.5 Å². The summed E-state index contributed by atoms with van der Waals surface area (Å²) in [4.78, 5) is 27.8. The van der Waals surface area contributed by atoms with Crippen molar-refractivity contribution in [2.75, 3.05) is 11.1 Å². The Morgan fingerprint density at radius 2 is 2.06 bits per heavy atom. The van der Waals surface area contributed by atoms with Gasteiger partial charge in [0.1, 0.15) is 5.82 Å². The van der Waals surface area contributed by atoms with Gasteiger partial charge >= 0.3 is 0 Å². The van der Waals surface area contributed by atoms with Crippen molar-refractivity contribution < 1.29 is 18.4 Å². The molecule has 2 aromatic heterocycles. The predicted molar refractivity (Wildman–Crippen MR) is 113 cm³/mol. The molecule has 3 N–H and O–H groups in total. The van der Waals surface area contributed by atoms with Crippen molar-refractivity contribution in [2.24, 2.45) is 5.73 Å². The lowest BCUT2D eigenvalue weighted by molar-refractivity contribution is -0.118. The molecule has 0 atom stereocenters. The second-order valence-electron chi connectivity index (χ2n) is 6.99. The van der Waals surface area contributed by atoms with Gasteiger partial charge in [0, 0.05) is 29.8 Å². The fourth-order valence-corrected chi connectivity index (χ4v) is 4.39. The Morgan fingerprint density at radius 3 is 2.77 bits per heavy atom. The molecule has 0 unspecified atom stereocenters. The summed E-state index contributed by atoms with van der Waals surface area (Å²) in [5.74, 6) is -1.37. The maximum Gasteiger partial charge on any atom is 0.236 e. The Bertz CT molecular complexity index is 1130. The Balaban J connectivity index is 1.37. The molecule has 12 heteroatoms. The van der Waals surface area contributed by atoms with Crippen LogP contribution < -0.4 is 11.1 Å². The molecule has 3 aromatic rings. The zero-order chi connectivity index (χ0) is 22.0. The molecule has 0 aliphatic heterocycles. The average molecular weight is 465 g/mol. The van der Waals surface area contributed by atoms with Gasteiger partial charge in [-0.1, -0.05) is 11.8 Å². The fraction of sp³-hybridized carbons (Fsp3) is 0.316. The van der Waals surface area contributed by atoms with Gasteiger partial charge in [0.05, 0.1) is 11.4 Å². The number of carbonyl (C=O) groups excluding carboxylic acids is 2. The SMILES string of the molecule is NC(=O)CCn1c(SCC(=O)Nc2nc(-c3ccc(F)c(F)c3)cs2)nnc1C1CC1. The number of carbonyl (C=O) groups is 2. The standard InChI is InChI=1S/C19H18F2N6O2S2/c20-12-4-3-11(7-13(12)21)14-8-30-18(23-14)24-16(29)9-31-19-26-25-17(10-1-2-10)27(19)6-5-15(22)28/h3-4,7-8,10H,1-2,5-6,9H2,(H2,22,28)(H,23,24,29). The van der Waals surface area contributed by atoms with Crippen LogP contribution in [0.1, 0.15) is 31.0 Å². The van der Waals surface area contributed by atoms with Crippen molar-refractivity contribution in [1.29, 1.82) is 0 Å². The molecule has 162 valence electrons. The third-order valence-corrected chi connectivity index (χ3v) is 6.29. The maximum absolute atomic E-state index is 13.4. The van der Waals surface area contributed by atoms with E-state index in [1.54, 1.807) is 5.38 Å². The Hall–Kier alpha value is -2.86. The largest absolute Gasteiger partial charge is 0.370 e. The summed E-state index contributed by atoms with van der Waals surface area (Å²) in [7, 11) is 0. The number of rotatable bonds is 9. The highest BCUT2D eigenvalue weighted by Crippen LogP contribution is 2.40. The highest BCUT2D eigenvalue weighted by atomic mass is 32.2. The number of nitrogens with two attached hydrogens (primary N) is 1. The number of amides is 2. The van der Waals surface area contributed by atoms with Crippen LogP contribution in [0, 0.1) is 11.6 Å². The Labute approximate surface area is 184 Å². The number of thiazole rings is 1. The van der Waals surface area contributed by atoms with Crippen LogP contribution in [0.3, 0.4) is 0 Å². The van der Waals surface area contributed by atoms with E-state index in [4.69, 9.17) is 5.73 Å². The third-order valence-electron chi connectivity index (χ3n) is 4.57. The molecular formula is C19H18F2N6O2S2. The number of hydrogen-bond donors (Lipinski definition) is 2. The second-order valence-corrected chi connectivity index (χ2v) is 8.79. The van der Waals surface area contributed by atoms with Crippen molar-refractivity contribution in [3.05, 3.63) is 41.0 Å². The molecule has 0 spiro atoms. The molecule has 2 amide bonds. The number of hydrogen-bond acceptors (Lipinski definition) is 7. The van der Waals surface area contributed by atoms with E-state index in [0.717, 1.165) is 30.8 Å². The minimum Gasteiger partial charge on any atom is -0.370 e. The Morgan fingerprint density at radius 1 is 1.26 bits per heavy atom. The summed E-state index contributed by atoms with van der Waals surface area (Å²) in [6, 6.07) is 3.51. The topological polar surface area (TPSA) is 116 Å². The first-order valence-corrected chi connectivity index (χ1v) is 11.3. The molecule has 2 heterocycles. The van der Waals surface area contributed by atoms with Crippen LogP contribution in [-0.2, 0) is 16.1 Å². The summed E-state index contributed by atoms with van der Waals surface area (Å²) in [5, 5.41) is 13.6. The van der Waals surface area contributed by atoms with E-state index in [9.17, 15) is 18.4 Å². The van der Waals surface area contributed by atoms with E-state index < -0.39 is 17.5 Å². The number of thioether (sulfide) groups is 1. The van der Waals surface area contributed by atoms with Crippen LogP contribution in [0.4, 0.5) is 13.9 Å². The van der Waals surface area contributed by atoms with E-state index in [-0.39, 0.29) is 18.1 Å². The monoisotopic (exact) mass is 464 g/mol. The number of nitrogens with one attached hydrogen (secondary N) is 1. The lowest BCUT2D eigenvalue weighted by atomic mass is 10.2. The van der Waals surface area contributed by atoms with Gasteiger partial charge in [-0.25, -0.2) is 13.8 Å². The van der Waals surface area contributed by atoms with Crippen LogP contribution in [-0.4, -0.2) is 37.3 Å². The van der Waals surface area contributed by atoms with Gasteiger partial charge in [-0.15, -0.1) is 21.5 Å². The van der Waals surface area contributed by atoms with Crippen molar-refractivity contribution in [1.82, 2.24) is 19.7 Å². The highest BCUT2D eigenvalue weighted by molar-refractivity contribution is 7.99. The first kappa shape index (κ1) is 21.4.